The van der Waals surface area contributed by atoms with Gasteiger partial charge < -0.3 is 10.1 Å². The Morgan fingerprint density at radius 1 is 1.22 bits per heavy atom. The van der Waals surface area contributed by atoms with E-state index < -0.39 is 0 Å². The zero-order valence-corrected chi connectivity index (χ0v) is 10.6. The molecule has 1 heterocycles. The van der Waals surface area contributed by atoms with E-state index in [9.17, 15) is 0 Å². The minimum atomic E-state index is 0.210. The minimum absolute atomic E-state index is 0.210. The van der Waals surface area contributed by atoms with Crippen LogP contribution in [0.5, 0.6) is 5.75 Å². The molecular weight excluding hydrogens is 226 g/mol. The molecule has 0 amide bonds. The van der Waals surface area contributed by atoms with Gasteiger partial charge in [0.25, 0.3) is 0 Å². The molecule has 1 atom stereocenters. The number of ether oxygens (including phenoxy) is 1. The van der Waals surface area contributed by atoms with Gasteiger partial charge in [0.05, 0.1) is 7.11 Å². The highest BCUT2D eigenvalue weighted by Gasteiger charge is 2.09. The van der Waals surface area contributed by atoms with Crippen LogP contribution in [0.3, 0.4) is 0 Å². The van der Waals surface area contributed by atoms with Crippen molar-refractivity contribution in [2.75, 3.05) is 7.11 Å². The Balaban J connectivity index is 2.01. The van der Waals surface area contributed by atoms with Gasteiger partial charge >= 0.3 is 0 Å². The van der Waals surface area contributed by atoms with Gasteiger partial charge in [-0.05, 0) is 13.0 Å². The van der Waals surface area contributed by atoms with Crippen LogP contribution in [-0.4, -0.2) is 17.1 Å². The van der Waals surface area contributed by atoms with Crippen molar-refractivity contribution in [3.05, 3.63) is 54.1 Å². The van der Waals surface area contributed by atoms with Gasteiger partial charge in [-0.1, -0.05) is 18.2 Å². The van der Waals surface area contributed by atoms with Crippen LogP contribution in [0, 0.1) is 0 Å². The van der Waals surface area contributed by atoms with Crippen LogP contribution in [0.25, 0.3) is 0 Å². The second kappa shape index (κ2) is 6.12. The maximum absolute atomic E-state index is 5.35. The first-order valence-electron chi connectivity index (χ1n) is 5.91. The van der Waals surface area contributed by atoms with Gasteiger partial charge in [0.15, 0.2) is 0 Å². The molecule has 0 aliphatic rings. The Morgan fingerprint density at radius 3 is 2.67 bits per heavy atom. The van der Waals surface area contributed by atoms with E-state index >= 15 is 0 Å². The molecule has 0 fully saturated rings. The van der Waals surface area contributed by atoms with Crippen molar-refractivity contribution in [2.45, 2.75) is 19.5 Å². The standard InChI is InChI=1S/C14H17N3O/c1-11(13-5-3-4-6-14(13)18-2)17-9-12-7-15-10-16-8-12/h3-8,10-11,17H,9H2,1-2H3/t11-/m0/s1. The SMILES string of the molecule is COc1ccccc1[C@H](C)NCc1cncnc1. The number of methoxy groups -OCH3 is 1. The number of aromatic nitrogens is 2. The van der Waals surface area contributed by atoms with Gasteiger partial charge in [-0.15, -0.1) is 0 Å². The van der Waals surface area contributed by atoms with Gasteiger partial charge in [0.1, 0.15) is 12.1 Å². The van der Waals surface area contributed by atoms with E-state index in [-0.39, 0.29) is 6.04 Å². The van der Waals surface area contributed by atoms with E-state index in [1.807, 2.05) is 30.6 Å². The summed E-state index contributed by atoms with van der Waals surface area (Å²) in [5.74, 6) is 0.904. The second-order valence-electron chi connectivity index (χ2n) is 4.09. The number of benzene rings is 1. The lowest BCUT2D eigenvalue weighted by Crippen LogP contribution is -2.18. The van der Waals surface area contributed by atoms with E-state index in [0.717, 1.165) is 23.4 Å². The van der Waals surface area contributed by atoms with E-state index in [2.05, 4.69) is 28.3 Å². The van der Waals surface area contributed by atoms with Gasteiger partial charge in [0.2, 0.25) is 0 Å². The Hall–Kier alpha value is -1.94. The predicted molar refractivity (Wildman–Crippen MR) is 70.3 cm³/mol. The van der Waals surface area contributed by atoms with E-state index in [0.29, 0.717) is 0 Å². The molecule has 2 aromatic rings. The van der Waals surface area contributed by atoms with Crippen LogP contribution in [0.2, 0.25) is 0 Å². The molecule has 4 nitrogen and oxygen atoms in total. The third-order valence-corrected chi connectivity index (χ3v) is 2.83. The van der Waals surface area contributed by atoms with Crippen molar-refractivity contribution < 1.29 is 4.74 Å². The lowest BCUT2D eigenvalue weighted by molar-refractivity contribution is 0.401. The Bertz CT molecular complexity index is 487. The first kappa shape index (κ1) is 12.5. The highest BCUT2D eigenvalue weighted by Crippen LogP contribution is 2.24. The van der Waals surface area contributed by atoms with E-state index in [4.69, 9.17) is 4.74 Å². The Labute approximate surface area is 107 Å². The summed E-state index contributed by atoms with van der Waals surface area (Å²) in [6.07, 6.45) is 5.16. The number of nitrogens with one attached hydrogen (secondary N) is 1. The molecule has 2 rings (SSSR count). The van der Waals surface area contributed by atoms with Crippen molar-refractivity contribution in [1.82, 2.24) is 15.3 Å². The largest absolute Gasteiger partial charge is 0.496 e. The molecule has 1 N–H and O–H groups in total. The lowest BCUT2D eigenvalue weighted by Gasteiger charge is -2.17. The number of hydrogen-bond acceptors (Lipinski definition) is 4. The van der Waals surface area contributed by atoms with Crippen LogP contribution < -0.4 is 10.1 Å². The van der Waals surface area contributed by atoms with Gasteiger partial charge in [-0.3, -0.25) is 0 Å². The quantitative estimate of drug-likeness (QED) is 0.875. The van der Waals surface area contributed by atoms with Crippen molar-refractivity contribution in [1.29, 1.82) is 0 Å². The van der Waals surface area contributed by atoms with Crippen LogP contribution in [0.4, 0.5) is 0 Å². The van der Waals surface area contributed by atoms with Gasteiger partial charge in [-0.2, -0.15) is 0 Å². The molecule has 18 heavy (non-hydrogen) atoms. The summed E-state index contributed by atoms with van der Waals surface area (Å²) in [5, 5.41) is 3.43. The maximum Gasteiger partial charge on any atom is 0.123 e. The molecule has 94 valence electrons. The van der Waals surface area contributed by atoms with Crippen molar-refractivity contribution >= 4 is 0 Å². The summed E-state index contributed by atoms with van der Waals surface area (Å²) in [5.41, 5.74) is 2.22. The maximum atomic E-state index is 5.35. The monoisotopic (exact) mass is 243 g/mol. The summed E-state index contributed by atoms with van der Waals surface area (Å²) in [7, 11) is 1.69. The Kier molecular flexibility index (Phi) is 4.25. The van der Waals surface area contributed by atoms with Crippen LogP contribution in [0.15, 0.2) is 43.0 Å². The molecule has 0 bridgehead atoms. The van der Waals surface area contributed by atoms with Crippen molar-refractivity contribution in [2.24, 2.45) is 0 Å². The number of para-hydroxylation sites is 1. The summed E-state index contributed by atoms with van der Waals surface area (Å²) in [6.45, 7) is 2.85. The summed E-state index contributed by atoms with van der Waals surface area (Å²) in [6, 6.07) is 8.24. The van der Waals surface area contributed by atoms with E-state index in [1.54, 1.807) is 7.11 Å². The predicted octanol–water partition coefficient (Wildman–Crippen LogP) is 2.34. The lowest BCUT2D eigenvalue weighted by atomic mass is 10.1. The minimum Gasteiger partial charge on any atom is -0.496 e. The van der Waals surface area contributed by atoms with Crippen LogP contribution in [-0.2, 0) is 6.54 Å². The molecule has 0 aliphatic heterocycles. The van der Waals surface area contributed by atoms with Crippen LogP contribution in [0.1, 0.15) is 24.1 Å². The first-order chi connectivity index (χ1) is 8.81. The first-order valence-corrected chi connectivity index (χ1v) is 5.91. The summed E-state index contributed by atoms with van der Waals surface area (Å²) in [4.78, 5) is 7.99. The van der Waals surface area contributed by atoms with E-state index in [1.165, 1.54) is 6.33 Å². The average molecular weight is 243 g/mol. The molecule has 1 aromatic carbocycles. The highest BCUT2D eigenvalue weighted by atomic mass is 16.5. The zero-order chi connectivity index (χ0) is 12.8. The van der Waals surface area contributed by atoms with Crippen molar-refractivity contribution in [3.63, 3.8) is 0 Å². The molecule has 0 saturated carbocycles. The fourth-order valence-electron chi connectivity index (χ4n) is 1.83. The summed E-state index contributed by atoms with van der Waals surface area (Å²) >= 11 is 0. The fraction of sp³-hybridized carbons (Fsp3) is 0.286. The smallest absolute Gasteiger partial charge is 0.123 e. The number of hydrogen-bond donors (Lipinski definition) is 1. The normalized spacial score (nSPS) is 12.1. The number of nitrogens with zero attached hydrogens (tertiary/aromatic N) is 2. The third kappa shape index (κ3) is 3.05. The Morgan fingerprint density at radius 2 is 1.94 bits per heavy atom. The second-order valence-corrected chi connectivity index (χ2v) is 4.09. The molecule has 4 heteroatoms. The molecular formula is C14H17N3O. The molecule has 0 unspecified atom stereocenters. The third-order valence-electron chi connectivity index (χ3n) is 2.83. The topological polar surface area (TPSA) is 47.0 Å². The zero-order valence-electron chi connectivity index (χ0n) is 10.6. The van der Waals surface area contributed by atoms with Crippen LogP contribution >= 0.6 is 0 Å². The highest BCUT2D eigenvalue weighted by molar-refractivity contribution is 5.35. The van der Waals surface area contributed by atoms with Gasteiger partial charge in [-0.25, -0.2) is 9.97 Å². The average Bonchev–Trinajstić information content (AvgIpc) is 2.45. The van der Waals surface area contributed by atoms with Gasteiger partial charge in [0, 0.05) is 36.1 Å². The molecule has 1 aromatic heterocycles. The molecule has 0 saturated heterocycles. The molecule has 0 aliphatic carbocycles. The molecule has 0 radical (unpaired) electrons. The number of rotatable bonds is 5. The summed E-state index contributed by atoms with van der Waals surface area (Å²) < 4.78 is 5.35. The fourth-order valence-corrected chi connectivity index (χ4v) is 1.83. The molecule has 0 spiro atoms. The van der Waals surface area contributed by atoms with Crippen molar-refractivity contribution in [3.8, 4) is 5.75 Å².